The van der Waals surface area contributed by atoms with E-state index < -0.39 is 0 Å². The van der Waals surface area contributed by atoms with E-state index in [1.165, 1.54) is 0 Å². The number of para-hydroxylation sites is 1. The van der Waals surface area contributed by atoms with E-state index in [1.54, 1.807) is 0 Å². The standard InChI is InChI=1S/C18H22N2O2/c1-13(2)22-16-10-8-15(9-11-16)19-12-18(21)20-17-7-5-4-6-14(17)3/h4-11,13,19H,12H2,1-3H3,(H,20,21). The lowest BCUT2D eigenvalue weighted by Crippen LogP contribution is -2.22. The molecule has 0 bridgehead atoms. The van der Waals surface area contributed by atoms with Crippen LogP contribution in [0.2, 0.25) is 0 Å². The van der Waals surface area contributed by atoms with Gasteiger partial charge in [-0.1, -0.05) is 18.2 Å². The van der Waals surface area contributed by atoms with Gasteiger partial charge < -0.3 is 15.4 Å². The van der Waals surface area contributed by atoms with Crippen molar-refractivity contribution in [3.05, 3.63) is 54.1 Å². The minimum absolute atomic E-state index is 0.0724. The van der Waals surface area contributed by atoms with Crippen LogP contribution in [0.4, 0.5) is 11.4 Å². The first-order valence-corrected chi connectivity index (χ1v) is 7.40. The molecule has 0 radical (unpaired) electrons. The van der Waals surface area contributed by atoms with Crippen molar-refractivity contribution in [3.8, 4) is 5.75 Å². The van der Waals surface area contributed by atoms with E-state index in [1.807, 2.05) is 69.3 Å². The zero-order valence-corrected chi connectivity index (χ0v) is 13.2. The van der Waals surface area contributed by atoms with Gasteiger partial charge in [-0.15, -0.1) is 0 Å². The van der Waals surface area contributed by atoms with Crippen molar-refractivity contribution in [2.45, 2.75) is 26.9 Å². The number of benzene rings is 2. The van der Waals surface area contributed by atoms with E-state index in [0.717, 1.165) is 22.7 Å². The predicted octanol–water partition coefficient (Wildman–Crippen LogP) is 3.83. The molecule has 0 aliphatic heterocycles. The third-order valence-corrected chi connectivity index (χ3v) is 3.10. The summed E-state index contributed by atoms with van der Waals surface area (Å²) >= 11 is 0. The summed E-state index contributed by atoms with van der Waals surface area (Å²) in [5.41, 5.74) is 2.78. The molecule has 1 amide bonds. The molecule has 0 atom stereocenters. The molecule has 4 nitrogen and oxygen atoms in total. The van der Waals surface area contributed by atoms with Crippen LogP contribution in [0.5, 0.6) is 5.75 Å². The molecule has 2 aromatic carbocycles. The summed E-state index contributed by atoms with van der Waals surface area (Å²) in [6, 6.07) is 15.3. The summed E-state index contributed by atoms with van der Waals surface area (Å²) in [7, 11) is 0. The van der Waals surface area contributed by atoms with Crippen molar-refractivity contribution >= 4 is 17.3 Å². The third kappa shape index (κ3) is 4.81. The monoisotopic (exact) mass is 298 g/mol. The van der Waals surface area contributed by atoms with Gasteiger partial charge in [0.1, 0.15) is 5.75 Å². The molecule has 22 heavy (non-hydrogen) atoms. The van der Waals surface area contributed by atoms with Gasteiger partial charge in [0.25, 0.3) is 0 Å². The van der Waals surface area contributed by atoms with Gasteiger partial charge in [0.2, 0.25) is 5.91 Å². The highest BCUT2D eigenvalue weighted by Crippen LogP contribution is 2.17. The molecule has 0 aliphatic carbocycles. The molecule has 0 heterocycles. The van der Waals surface area contributed by atoms with Gasteiger partial charge in [0.15, 0.2) is 0 Å². The van der Waals surface area contributed by atoms with Crippen LogP contribution in [0.3, 0.4) is 0 Å². The summed E-state index contributed by atoms with van der Waals surface area (Å²) in [6.07, 6.45) is 0.152. The summed E-state index contributed by atoms with van der Waals surface area (Å²) in [6.45, 7) is 6.17. The van der Waals surface area contributed by atoms with Crippen molar-refractivity contribution < 1.29 is 9.53 Å². The molecule has 0 aromatic heterocycles. The normalized spacial score (nSPS) is 10.4. The lowest BCUT2D eigenvalue weighted by Gasteiger charge is -2.12. The van der Waals surface area contributed by atoms with Gasteiger partial charge in [0.05, 0.1) is 12.6 Å². The Morgan fingerprint density at radius 2 is 1.77 bits per heavy atom. The number of ether oxygens (including phenoxy) is 1. The molecular formula is C18H22N2O2. The fourth-order valence-corrected chi connectivity index (χ4v) is 2.01. The molecule has 0 aliphatic rings. The van der Waals surface area contributed by atoms with Gasteiger partial charge in [-0.25, -0.2) is 0 Å². The number of rotatable bonds is 6. The molecule has 2 rings (SSSR count). The van der Waals surface area contributed by atoms with E-state index in [-0.39, 0.29) is 18.6 Å². The molecule has 4 heteroatoms. The quantitative estimate of drug-likeness (QED) is 0.852. The van der Waals surface area contributed by atoms with Crippen molar-refractivity contribution in [2.24, 2.45) is 0 Å². The van der Waals surface area contributed by atoms with E-state index in [9.17, 15) is 4.79 Å². The number of anilines is 2. The summed E-state index contributed by atoms with van der Waals surface area (Å²) < 4.78 is 5.58. The van der Waals surface area contributed by atoms with Gasteiger partial charge in [-0.2, -0.15) is 0 Å². The predicted molar refractivity (Wildman–Crippen MR) is 90.5 cm³/mol. The SMILES string of the molecule is Cc1ccccc1NC(=O)CNc1ccc(OC(C)C)cc1. The molecule has 0 unspecified atom stereocenters. The molecule has 0 spiro atoms. The van der Waals surface area contributed by atoms with Crippen LogP contribution in [-0.4, -0.2) is 18.6 Å². The highest BCUT2D eigenvalue weighted by molar-refractivity contribution is 5.94. The number of nitrogens with one attached hydrogen (secondary N) is 2. The molecule has 0 saturated heterocycles. The maximum absolute atomic E-state index is 12.0. The molecule has 2 aromatic rings. The Bertz CT molecular complexity index is 621. The number of carbonyl (C=O) groups is 1. The Morgan fingerprint density at radius 3 is 2.41 bits per heavy atom. The molecule has 2 N–H and O–H groups in total. The average Bonchev–Trinajstić information content (AvgIpc) is 2.48. The van der Waals surface area contributed by atoms with E-state index in [4.69, 9.17) is 4.74 Å². The van der Waals surface area contributed by atoms with Gasteiger partial charge >= 0.3 is 0 Å². The number of carbonyl (C=O) groups excluding carboxylic acids is 1. The second-order valence-electron chi connectivity index (χ2n) is 5.41. The van der Waals surface area contributed by atoms with Crippen LogP contribution in [0.1, 0.15) is 19.4 Å². The molecular weight excluding hydrogens is 276 g/mol. The largest absolute Gasteiger partial charge is 0.491 e. The Balaban J connectivity index is 1.85. The Kier molecular flexibility index (Phi) is 5.42. The fourth-order valence-electron chi connectivity index (χ4n) is 2.01. The Labute approximate surface area is 131 Å². The highest BCUT2D eigenvalue weighted by atomic mass is 16.5. The molecule has 0 saturated carbocycles. The van der Waals surface area contributed by atoms with Crippen molar-refractivity contribution in [1.29, 1.82) is 0 Å². The Hall–Kier alpha value is -2.49. The maximum atomic E-state index is 12.0. The van der Waals surface area contributed by atoms with E-state index >= 15 is 0 Å². The average molecular weight is 298 g/mol. The van der Waals surface area contributed by atoms with Crippen LogP contribution in [0, 0.1) is 6.92 Å². The van der Waals surface area contributed by atoms with Crippen LogP contribution >= 0.6 is 0 Å². The first-order chi connectivity index (χ1) is 10.5. The van der Waals surface area contributed by atoms with Crippen LogP contribution in [0.25, 0.3) is 0 Å². The molecule has 0 fully saturated rings. The van der Waals surface area contributed by atoms with Crippen molar-refractivity contribution in [3.63, 3.8) is 0 Å². The number of hydrogen-bond acceptors (Lipinski definition) is 3. The first-order valence-electron chi connectivity index (χ1n) is 7.40. The van der Waals surface area contributed by atoms with Crippen molar-refractivity contribution in [2.75, 3.05) is 17.2 Å². The van der Waals surface area contributed by atoms with Crippen LogP contribution in [-0.2, 0) is 4.79 Å². The minimum Gasteiger partial charge on any atom is -0.491 e. The zero-order chi connectivity index (χ0) is 15.9. The van der Waals surface area contributed by atoms with Gasteiger partial charge in [-0.05, 0) is 56.7 Å². The Morgan fingerprint density at radius 1 is 1.09 bits per heavy atom. The second kappa shape index (κ2) is 7.50. The maximum Gasteiger partial charge on any atom is 0.243 e. The number of hydrogen-bond donors (Lipinski definition) is 2. The van der Waals surface area contributed by atoms with E-state index in [0.29, 0.717) is 0 Å². The lowest BCUT2D eigenvalue weighted by atomic mass is 10.2. The summed E-state index contributed by atoms with van der Waals surface area (Å²) in [5.74, 6) is 0.752. The first kappa shape index (κ1) is 15.9. The van der Waals surface area contributed by atoms with Crippen LogP contribution in [0.15, 0.2) is 48.5 Å². The topological polar surface area (TPSA) is 50.4 Å². The molecule has 116 valence electrons. The second-order valence-corrected chi connectivity index (χ2v) is 5.41. The van der Waals surface area contributed by atoms with Crippen LogP contribution < -0.4 is 15.4 Å². The third-order valence-electron chi connectivity index (χ3n) is 3.10. The van der Waals surface area contributed by atoms with Crippen molar-refractivity contribution in [1.82, 2.24) is 0 Å². The minimum atomic E-state index is -0.0724. The van der Waals surface area contributed by atoms with Gasteiger partial charge in [-0.3, -0.25) is 4.79 Å². The summed E-state index contributed by atoms with van der Waals surface area (Å²) in [5, 5.41) is 5.99. The lowest BCUT2D eigenvalue weighted by molar-refractivity contribution is -0.114. The van der Waals surface area contributed by atoms with E-state index in [2.05, 4.69) is 10.6 Å². The smallest absolute Gasteiger partial charge is 0.243 e. The summed E-state index contributed by atoms with van der Waals surface area (Å²) in [4.78, 5) is 12.0. The highest BCUT2D eigenvalue weighted by Gasteiger charge is 2.04. The zero-order valence-electron chi connectivity index (χ0n) is 13.2. The fraction of sp³-hybridized carbons (Fsp3) is 0.278. The number of aryl methyl sites for hydroxylation is 1. The van der Waals surface area contributed by atoms with Gasteiger partial charge in [0, 0.05) is 11.4 Å². The number of amides is 1.